The van der Waals surface area contributed by atoms with Crippen LogP contribution in [0, 0.1) is 0 Å². The number of nitrogens with one attached hydrogen (secondary N) is 1. The summed E-state index contributed by atoms with van der Waals surface area (Å²) in [6.07, 6.45) is -4.57. The highest BCUT2D eigenvalue weighted by Gasteiger charge is 2.41. The average Bonchev–Trinajstić information content (AvgIpc) is 2.99. The number of carboxylic acids is 1. The van der Waals surface area contributed by atoms with Gasteiger partial charge in [0.05, 0.1) is 25.3 Å². The van der Waals surface area contributed by atoms with E-state index in [4.69, 9.17) is 28.4 Å². The number of anilines is 1. The molecule has 14 nitrogen and oxygen atoms in total. The molecule has 0 saturated carbocycles. The molecule has 0 unspecified atom stereocenters. The second-order valence-electron chi connectivity index (χ2n) is 8.90. The number of methoxy groups -OCH3 is 2. The van der Waals surface area contributed by atoms with E-state index in [1.807, 2.05) is 0 Å². The van der Waals surface area contributed by atoms with Crippen molar-refractivity contribution in [2.24, 2.45) is 0 Å². The van der Waals surface area contributed by atoms with Gasteiger partial charge in [0, 0.05) is 24.0 Å². The maximum Gasteiger partial charge on any atom is 0.349 e. The second-order valence-corrected chi connectivity index (χ2v) is 9.82. The van der Waals surface area contributed by atoms with Crippen LogP contribution in [0.2, 0.25) is 0 Å². The molecule has 0 aromatic heterocycles. The number of carbonyl (C=O) groups is 6. The third-order valence-electron chi connectivity index (χ3n) is 5.66. The van der Waals surface area contributed by atoms with Crippen molar-refractivity contribution in [3.63, 3.8) is 0 Å². The fraction of sp³-hybridized carbons (Fsp3) is 0.200. The lowest BCUT2D eigenvalue weighted by Crippen LogP contribution is -2.48. The number of halogens is 1. The number of carboxylic acid groups (broad SMARTS) is 1. The molecule has 45 heavy (non-hydrogen) atoms. The zero-order valence-corrected chi connectivity index (χ0v) is 25.7. The minimum absolute atomic E-state index is 0.0152. The maximum absolute atomic E-state index is 13.4. The first-order valence-electron chi connectivity index (χ1n) is 12.8. The van der Waals surface area contributed by atoms with Crippen LogP contribution in [-0.4, -0.2) is 67.3 Å². The zero-order valence-electron chi connectivity index (χ0n) is 24.2. The van der Waals surface area contributed by atoms with Crippen molar-refractivity contribution >= 4 is 57.4 Å². The molecule has 1 amide bonds. The molecule has 3 aromatic carbocycles. The number of hydrogen-bond acceptors (Lipinski definition) is 12. The summed E-state index contributed by atoms with van der Waals surface area (Å²) >= 11 is 3.26. The average molecular weight is 688 g/mol. The Balaban J connectivity index is 1.96. The van der Waals surface area contributed by atoms with Gasteiger partial charge in [-0.1, -0.05) is 15.9 Å². The summed E-state index contributed by atoms with van der Waals surface area (Å²) < 4.78 is 31.4. The molecular weight excluding hydrogens is 662 g/mol. The highest BCUT2D eigenvalue weighted by Crippen LogP contribution is 2.30. The summed E-state index contributed by atoms with van der Waals surface area (Å²) in [6.45, 7) is 2.32. The Morgan fingerprint density at radius 1 is 0.667 bits per heavy atom. The predicted molar refractivity (Wildman–Crippen MR) is 157 cm³/mol. The van der Waals surface area contributed by atoms with Gasteiger partial charge >= 0.3 is 29.8 Å². The molecule has 0 aliphatic carbocycles. The number of carbonyl (C=O) groups excluding carboxylic acids is 5. The van der Waals surface area contributed by atoms with Crippen LogP contribution in [0.15, 0.2) is 65.1 Å². The monoisotopic (exact) mass is 687 g/mol. The van der Waals surface area contributed by atoms with Gasteiger partial charge in [-0.3, -0.25) is 14.4 Å². The van der Waals surface area contributed by atoms with Gasteiger partial charge in [0.15, 0.2) is 23.0 Å². The fourth-order valence-corrected chi connectivity index (χ4v) is 3.94. The lowest BCUT2D eigenvalue weighted by molar-refractivity contribution is -0.157. The first kappa shape index (κ1) is 34.1. The lowest BCUT2D eigenvalue weighted by atomic mass is 10.1. The third kappa shape index (κ3) is 9.27. The van der Waals surface area contributed by atoms with E-state index in [0.717, 1.165) is 26.0 Å². The van der Waals surface area contributed by atoms with Crippen LogP contribution in [0.1, 0.15) is 34.6 Å². The molecule has 236 valence electrons. The smallest absolute Gasteiger partial charge is 0.349 e. The SMILES string of the molecule is COc1cc(C(=O)O[C@H](C(=O)O)[C@H](OC(=O)c2ccc(OC(C)=O)c(OC)c2)C(=O)Nc2ccc(Br)cc2)ccc1OC(C)=O. The second kappa shape index (κ2) is 15.3. The highest BCUT2D eigenvalue weighted by atomic mass is 79.9. The van der Waals surface area contributed by atoms with Crippen LogP contribution < -0.4 is 24.3 Å². The van der Waals surface area contributed by atoms with Crippen molar-refractivity contribution in [2.75, 3.05) is 19.5 Å². The number of amides is 1. The van der Waals surface area contributed by atoms with Gasteiger partial charge in [-0.25, -0.2) is 14.4 Å². The Hall–Kier alpha value is -5.44. The normalized spacial score (nSPS) is 11.7. The molecule has 0 aliphatic heterocycles. The predicted octanol–water partition coefficient (Wildman–Crippen LogP) is 3.79. The van der Waals surface area contributed by atoms with Gasteiger partial charge in [0.2, 0.25) is 12.2 Å². The van der Waals surface area contributed by atoms with Crippen molar-refractivity contribution in [3.8, 4) is 23.0 Å². The van der Waals surface area contributed by atoms with E-state index >= 15 is 0 Å². The molecule has 0 radical (unpaired) electrons. The molecule has 2 atom stereocenters. The van der Waals surface area contributed by atoms with E-state index < -0.39 is 48.0 Å². The molecule has 2 N–H and O–H groups in total. The summed E-state index contributed by atoms with van der Waals surface area (Å²) in [7, 11) is 2.49. The number of aliphatic carboxylic acids is 1. The van der Waals surface area contributed by atoms with Crippen molar-refractivity contribution in [2.45, 2.75) is 26.1 Å². The molecule has 0 spiro atoms. The van der Waals surface area contributed by atoms with E-state index in [9.17, 15) is 33.9 Å². The quantitative estimate of drug-likeness (QED) is 0.207. The maximum atomic E-state index is 13.4. The molecular formula is C30H26BrNO13. The summed E-state index contributed by atoms with van der Waals surface area (Å²) in [4.78, 5) is 74.7. The molecule has 0 saturated heterocycles. The Morgan fingerprint density at radius 2 is 1.11 bits per heavy atom. The summed E-state index contributed by atoms with van der Waals surface area (Å²) in [5, 5.41) is 12.4. The summed E-state index contributed by atoms with van der Waals surface area (Å²) in [6, 6.07) is 13.2. The fourth-order valence-electron chi connectivity index (χ4n) is 3.68. The molecule has 0 fully saturated rings. The molecule has 0 heterocycles. The van der Waals surface area contributed by atoms with Crippen LogP contribution in [0.3, 0.4) is 0 Å². The van der Waals surface area contributed by atoms with Gasteiger partial charge in [-0.05, 0) is 60.7 Å². The van der Waals surface area contributed by atoms with E-state index in [1.54, 1.807) is 12.1 Å². The zero-order chi connectivity index (χ0) is 33.3. The van der Waals surface area contributed by atoms with Crippen LogP contribution in [0.4, 0.5) is 5.69 Å². The Morgan fingerprint density at radius 3 is 1.51 bits per heavy atom. The van der Waals surface area contributed by atoms with Crippen molar-refractivity contribution < 1.29 is 62.3 Å². The third-order valence-corrected chi connectivity index (χ3v) is 6.19. The lowest BCUT2D eigenvalue weighted by Gasteiger charge is -2.24. The molecule has 3 rings (SSSR count). The summed E-state index contributed by atoms with van der Waals surface area (Å²) in [5.74, 6) is -6.83. The van der Waals surface area contributed by atoms with Gasteiger partial charge in [-0.2, -0.15) is 0 Å². The van der Waals surface area contributed by atoms with Crippen molar-refractivity contribution in [1.82, 2.24) is 0 Å². The minimum Gasteiger partial charge on any atom is -0.493 e. The van der Waals surface area contributed by atoms with E-state index in [-0.39, 0.29) is 39.8 Å². The van der Waals surface area contributed by atoms with Crippen molar-refractivity contribution in [1.29, 1.82) is 0 Å². The van der Waals surface area contributed by atoms with Gasteiger partial charge in [-0.15, -0.1) is 0 Å². The Kier molecular flexibility index (Phi) is 11.6. The number of esters is 4. The molecule has 0 bridgehead atoms. The van der Waals surface area contributed by atoms with Gasteiger partial charge < -0.3 is 38.8 Å². The standard InChI is InChI=1S/C30H26BrNO13/c1-15(33)42-21-11-5-17(13-23(21)40-3)29(38)44-25(27(35)32-20-9-7-19(31)8-10-20)26(28(36)37)45-30(39)18-6-12-22(43-16(2)34)24(14-18)41-4/h5-14,25-26H,1-4H3,(H,32,35)(H,36,37)/t25-,26-/m0/s1. The molecule has 15 heteroatoms. The molecule has 3 aromatic rings. The highest BCUT2D eigenvalue weighted by molar-refractivity contribution is 9.10. The van der Waals surface area contributed by atoms with E-state index in [1.165, 1.54) is 50.6 Å². The van der Waals surface area contributed by atoms with Crippen LogP contribution >= 0.6 is 15.9 Å². The number of benzene rings is 3. The van der Waals surface area contributed by atoms with Crippen LogP contribution in [0.25, 0.3) is 0 Å². The van der Waals surface area contributed by atoms with E-state index in [0.29, 0.717) is 4.47 Å². The molecule has 0 aliphatic rings. The minimum atomic E-state index is -2.35. The van der Waals surface area contributed by atoms with Gasteiger partial charge in [0.25, 0.3) is 5.91 Å². The van der Waals surface area contributed by atoms with Crippen LogP contribution in [0.5, 0.6) is 23.0 Å². The van der Waals surface area contributed by atoms with Crippen LogP contribution in [-0.2, 0) is 28.7 Å². The van der Waals surface area contributed by atoms with Gasteiger partial charge in [0.1, 0.15) is 0 Å². The number of rotatable bonds is 12. The number of ether oxygens (including phenoxy) is 6. The Labute approximate surface area is 264 Å². The largest absolute Gasteiger partial charge is 0.493 e. The number of hydrogen-bond donors (Lipinski definition) is 2. The first-order valence-corrected chi connectivity index (χ1v) is 13.6. The topological polar surface area (TPSA) is 190 Å². The van der Waals surface area contributed by atoms with E-state index in [2.05, 4.69) is 21.2 Å². The van der Waals surface area contributed by atoms with Crippen molar-refractivity contribution in [3.05, 3.63) is 76.3 Å². The Bertz CT molecular complexity index is 1620. The first-order chi connectivity index (χ1) is 21.3. The summed E-state index contributed by atoms with van der Waals surface area (Å²) in [5.41, 5.74) is -0.249.